The summed E-state index contributed by atoms with van der Waals surface area (Å²) in [5, 5.41) is 2.77. The van der Waals surface area contributed by atoms with Gasteiger partial charge in [-0.2, -0.15) is 0 Å². The van der Waals surface area contributed by atoms with Crippen LogP contribution >= 0.6 is 0 Å². The van der Waals surface area contributed by atoms with Crippen LogP contribution in [0.15, 0.2) is 24.3 Å². The number of carbonyl (C=O) groups is 1. The lowest BCUT2D eigenvalue weighted by Gasteiger charge is -2.33. The van der Waals surface area contributed by atoms with Gasteiger partial charge in [0.2, 0.25) is 0 Å². The van der Waals surface area contributed by atoms with Gasteiger partial charge in [-0.25, -0.2) is 4.39 Å². The lowest BCUT2D eigenvalue weighted by molar-refractivity contribution is -0.257. The maximum Gasteiger partial charge on any atom is 0.251 e. The molecule has 1 N–H and O–H groups in total. The lowest BCUT2D eigenvalue weighted by Crippen LogP contribution is -2.40. The van der Waals surface area contributed by atoms with Gasteiger partial charge in [0, 0.05) is 18.5 Å². The van der Waals surface area contributed by atoms with E-state index in [1.54, 1.807) is 0 Å². The summed E-state index contributed by atoms with van der Waals surface area (Å²) in [5.74, 6) is -1.19. The van der Waals surface area contributed by atoms with Crippen LogP contribution in [0, 0.1) is 5.82 Å². The molecular weight excluding hydrogens is 249 g/mol. The summed E-state index contributed by atoms with van der Waals surface area (Å²) in [5.41, 5.74) is 0.442. The number of carbonyl (C=O) groups excluding carboxylic acids is 1. The van der Waals surface area contributed by atoms with Gasteiger partial charge in [0.15, 0.2) is 5.79 Å². The molecule has 0 aliphatic carbocycles. The molecule has 1 aliphatic rings. The number of halogens is 1. The zero-order valence-electron chi connectivity index (χ0n) is 10.9. The lowest BCUT2D eigenvalue weighted by atomic mass is 10.1. The number of hydrogen-bond acceptors (Lipinski definition) is 3. The zero-order valence-corrected chi connectivity index (χ0v) is 10.9. The monoisotopic (exact) mass is 267 g/mol. The van der Waals surface area contributed by atoms with Crippen LogP contribution in [-0.2, 0) is 9.47 Å². The van der Waals surface area contributed by atoms with E-state index in [-0.39, 0.29) is 11.7 Å². The van der Waals surface area contributed by atoms with Crippen molar-refractivity contribution in [1.82, 2.24) is 5.32 Å². The molecule has 5 heteroatoms. The highest BCUT2D eigenvalue weighted by molar-refractivity contribution is 5.94. The molecule has 0 aromatic heterocycles. The predicted molar refractivity (Wildman–Crippen MR) is 68.3 cm³/mol. The Morgan fingerprint density at radius 2 is 1.95 bits per heavy atom. The van der Waals surface area contributed by atoms with Crippen LogP contribution in [0.25, 0.3) is 0 Å². The summed E-state index contributed by atoms with van der Waals surface area (Å²) in [6.45, 7) is 3.69. The van der Waals surface area contributed by atoms with Gasteiger partial charge in [-0.15, -0.1) is 0 Å². The third-order valence-electron chi connectivity index (χ3n) is 3.07. The van der Waals surface area contributed by atoms with E-state index in [4.69, 9.17) is 9.47 Å². The normalized spacial score (nSPS) is 18.0. The number of amides is 1. The molecule has 104 valence electrons. The van der Waals surface area contributed by atoms with Crippen LogP contribution in [0.5, 0.6) is 0 Å². The second kappa shape index (κ2) is 6.12. The Bertz CT molecular complexity index is 427. The molecule has 19 heavy (non-hydrogen) atoms. The van der Waals surface area contributed by atoms with E-state index in [1.807, 2.05) is 6.92 Å². The van der Waals surface area contributed by atoms with Crippen molar-refractivity contribution in [2.45, 2.75) is 25.6 Å². The maximum absolute atomic E-state index is 12.7. The zero-order chi connectivity index (χ0) is 13.7. The van der Waals surface area contributed by atoms with Crippen molar-refractivity contribution in [2.24, 2.45) is 0 Å². The van der Waals surface area contributed by atoms with E-state index in [0.29, 0.717) is 31.7 Å². The first-order chi connectivity index (χ1) is 9.09. The highest BCUT2D eigenvalue weighted by Gasteiger charge is 2.28. The number of nitrogens with one attached hydrogen (secondary N) is 1. The van der Waals surface area contributed by atoms with Gasteiger partial charge in [-0.1, -0.05) is 0 Å². The highest BCUT2D eigenvalue weighted by atomic mass is 19.1. The Labute approximate surface area is 111 Å². The van der Waals surface area contributed by atoms with Crippen LogP contribution in [0.2, 0.25) is 0 Å². The van der Waals surface area contributed by atoms with Gasteiger partial charge in [-0.3, -0.25) is 4.79 Å². The molecule has 1 saturated heterocycles. The van der Waals surface area contributed by atoms with Crippen LogP contribution < -0.4 is 5.32 Å². The van der Waals surface area contributed by atoms with Gasteiger partial charge in [0.25, 0.3) is 5.91 Å². The van der Waals surface area contributed by atoms with E-state index >= 15 is 0 Å². The molecule has 1 heterocycles. The van der Waals surface area contributed by atoms with Gasteiger partial charge in [0.1, 0.15) is 5.82 Å². The van der Waals surface area contributed by atoms with E-state index in [9.17, 15) is 9.18 Å². The first-order valence-electron chi connectivity index (χ1n) is 6.41. The van der Waals surface area contributed by atoms with Crippen LogP contribution in [-0.4, -0.2) is 31.5 Å². The van der Waals surface area contributed by atoms with Crippen LogP contribution in [0.4, 0.5) is 4.39 Å². The summed E-state index contributed by atoms with van der Waals surface area (Å²) in [7, 11) is 0. The van der Waals surface area contributed by atoms with Crippen LogP contribution in [0.3, 0.4) is 0 Å². The molecule has 1 aromatic carbocycles. The maximum atomic E-state index is 12.7. The molecule has 4 nitrogen and oxygen atoms in total. The highest BCUT2D eigenvalue weighted by Crippen LogP contribution is 2.21. The molecular formula is C14H18FNO3. The SMILES string of the molecule is CC1(CCNC(=O)c2ccc(F)cc2)OCCCO1. The number of benzene rings is 1. The number of rotatable bonds is 4. The summed E-state index contributed by atoms with van der Waals surface area (Å²) in [6.07, 6.45) is 1.48. The number of hydrogen-bond donors (Lipinski definition) is 1. The first kappa shape index (κ1) is 14.0. The molecule has 0 radical (unpaired) electrons. The number of ether oxygens (including phenoxy) is 2. The molecule has 0 atom stereocenters. The molecule has 1 aromatic rings. The minimum absolute atomic E-state index is 0.223. The summed E-state index contributed by atoms with van der Waals surface area (Å²) in [6, 6.07) is 5.45. The quantitative estimate of drug-likeness (QED) is 0.908. The van der Waals surface area contributed by atoms with Crippen molar-refractivity contribution < 1.29 is 18.7 Å². The third kappa shape index (κ3) is 4.01. The predicted octanol–water partition coefficient (Wildman–Crippen LogP) is 2.10. The van der Waals surface area contributed by atoms with E-state index in [1.165, 1.54) is 24.3 Å². The molecule has 2 rings (SSSR count). The molecule has 0 saturated carbocycles. The summed E-state index contributed by atoms with van der Waals surface area (Å²) >= 11 is 0. The summed E-state index contributed by atoms with van der Waals surface area (Å²) < 4.78 is 23.8. The van der Waals surface area contributed by atoms with Gasteiger partial charge in [0.05, 0.1) is 13.2 Å². The molecule has 0 spiro atoms. The van der Waals surface area contributed by atoms with E-state index in [2.05, 4.69) is 5.32 Å². The second-order valence-electron chi connectivity index (χ2n) is 4.70. The van der Waals surface area contributed by atoms with Gasteiger partial charge in [-0.05, 0) is 37.6 Å². The second-order valence-corrected chi connectivity index (χ2v) is 4.70. The largest absolute Gasteiger partial charge is 0.352 e. The average molecular weight is 267 g/mol. The van der Waals surface area contributed by atoms with E-state index in [0.717, 1.165) is 6.42 Å². The first-order valence-corrected chi connectivity index (χ1v) is 6.41. The smallest absolute Gasteiger partial charge is 0.251 e. The third-order valence-corrected chi connectivity index (χ3v) is 3.07. The van der Waals surface area contributed by atoms with Crippen molar-refractivity contribution >= 4 is 5.91 Å². The van der Waals surface area contributed by atoms with Crippen molar-refractivity contribution in [3.8, 4) is 0 Å². The average Bonchev–Trinajstić information content (AvgIpc) is 2.40. The van der Waals surface area contributed by atoms with Gasteiger partial charge < -0.3 is 14.8 Å². The Kier molecular flexibility index (Phi) is 4.50. The van der Waals surface area contributed by atoms with Crippen molar-refractivity contribution in [3.05, 3.63) is 35.6 Å². The molecule has 0 bridgehead atoms. The fraction of sp³-hybridized carbons (Fsp3) is 0.500. The van der Waals surface area contributed by atoms with Crippen LogP contribution in [0.1, 0.15) is 30.1 Å². The Morgan fingerprint density at radius 3 is 2.58 bits per heavy atom. The molecule has 1 amide bonds. The van der Waals surface area contributed by atoms with Gasteiger partial charge >= 0.3 is 0 Å². The topological polar surface area (TPSA) is 47.6 Å². The fourth-order valence-corrected chi connectivity index (χ4v) is 1.93. The minimum Gasteiger partial charge on any atom is -0.352 e. The van der Waals surface area contributed by atoms with Crippen molar-refractivity contribution in [3.63, 3.8) is 0 Å². The minimum atomic E-state index is -0.617. The van der Waals surface area contributed by atoms with E-state index < -0.39 is 5.79 Å². The Balaban J connectivity index is 1.79. The molecule has 1 aliphatic heterocycles. The van der Waals surface area contributed by atoms with Crippen molar-refractivity contribution in [2.75, 3.05) is 19.8 Å². The molecule has 0 unspecified atom stereocenters. The van der Waals surface area contributed by atoms with Crippen molar-refractivity contribution in [1.29, 1.82) is 0 Å². The Morgan fingerprint density at radius 1 is 1.32 bits per heavy atom. The Hall–Kier alpha value is -1.46. The summed E-state index contributed by atoms with van der Waals surface area (Å²) in [4.78, 5) is 11.8. The molecule has 1 fully saturated rings. The fourth-order valence-electron chi connectivity index (χ4n) is 1.93. The standard InChI is InChI=1S/C14H18FNO3/c1-14(18-9-2-10-19-14)7-8-16-13(17)11-3-5-12(15)6-4-11/h3-6H,2,7-10H2,1H3,(H,16,17).